The molecular weight excluding hydrogens is 334 g/mol. The minimum absolute atomic E-state index is 0.518. The molecule has 0 saturated carbocycles. The second-order valence-electron chi connectivity index (χ2n) is 6.39. The van der Waals surface area contributed by atoms with Crippen molar-refractivity contribution >= 4 is 17.5 Å². The quantitative estimate of drug-likeness (QED) is 0.645. The highest BCUT2D eigenvalue weighted by Crippen LogP contribution is 2.25. The molecule has 0 fully saturated rings. The Kier molecular flexibility index (Phi) is 6.01. The summed E-state index contributed by atoms with van der Waals surface area (Å²) >= 11 is 0. The number of anilines is 3. The van der Waals surface area contributed by atoms with E-state index >= 15 is 0 Å². The predicted octanol–water partition coefficient (Wildman–Crippen LogP) is 5.00. The number of nitrogens with zero attached hydrogens (tertiary/aromatic N) is 4. The molecule has 1 N–H and O–H groups in total. The molecule has 0 aliphatic rings. The first kappa shape index (κ1) is 18.4. The van der Waals surface area contributed by atoms with Gasteiger partial charge in [-0.15, -0.1) is 0 Å². The molecule has 3 aromatic rings. The minimum Gasteiger partial charge on any atom is -0.359 e. The lowest BCUT2D eigenvalue weighted by Gasteiger charge is -2.19. The van der Waals surface area contributed by atoms with E-state index < -0.39 is 0 Å². The number of aromatic nitrogens is 2. The number of unbranched alkanes of at least 4 members (excludes halogenated alkanes) is 1. The summed E-state index contributed by atoms with van der Waals surface area (Å²) in [5, 5.41) is 12.3. The van der Waals surface area contributed by atoms with Crippen molar-refractivity contribution in [3.05, 3.63) is 66.2 Å². The number of hydrogen-bond donors (Lipinski definition) is 1. The van der Waals surface area contributed by atoms with E-state index in [1.807, 2.05) is 55.6 Å². The Morgan fingerprint density at radius 2 is 1.85 bits per heavy atom. The third kappa shape index (κ3) is 4.83. The van der Waals surface area contributed by atoms with Crippen LogP contribution < -0.4 is 10.2 Å². The standard InChI is InChI=1S/C22H23N5/c1-3-4-13-27(2)21-15-20(18-10-6-5-7-11-18)25-22(26-21)24-19-12-8-9-17(14-19)16-23/h5-12,14-15H,3-4,13H2,1-2H3,(H,24,25,26). The van der Waals surface area contributed by atoms with E-state index in [2.05, 4.69) is 33.2 Å². The first-order chi connectivity index (χ1) is 13.2. The summed E-state index contributed by atoms with van der Waals surface area (Å²) in [6.45, 7) is 3.11. The highest BCUT2D eigenvalue weighted by molar-refractivity contribution is 5.66. The summed E-state index contributed by atoms with van der Waals surface area (Å²) in [4.78, 5) is 11.5. The van der Waals surface area contributed by atoms with Gasteiger partial charge in [-0.3, -0.25) is 0 Å². The average Bonchev–Trinajstić information content (AvgIpc) is 2.72. The Morgan fingerprint density at radius 3 is 2.59 bits per heavy atom. The first-order valence-electron chi connectivity index (χ1n) is 9.12. The van der Waals surface area contributed by atoms with Crippen LogP contribution in [0, 0.1) is 11.3 Å². The van der Waals surface area contributed by atoms with Crippen LogP contribution in [0.1, 0.15) is 25.3 Å². The zero-order chi connectivity index (χ0) is 19.1. The third-order valence-corrected chi connectivity index (χ3v) is 4.27. The third-order valence-electron chi connectivity index (χ3n) is 4.27. The number of hydrogen-bond acceptors (Lipinski definition) is 5. The molecule has 0 unspecified atom stereocenters. The second-order valence-corrected chi connectivity index (χ2v) is 6.39. The van der Waals surface area contributed by atoms with Crippen molar-refractivity contribution < 1.29 is 0 Å². The van der Waals surface area contributed by atoms with Crippen molar-refractivity contribution in [2.75, 3.05) is 23.8 Å². The molecule has 2 aromatic carbocycles. The van der Waals surface area contributed by atoms with Gasteiger partial charge in [0, 0.05) is 30.9 Å². The maximum Gasteiger partial charge on any atom is 0.229 e. The van der Waals surface area contributed by atoms with Crippen molar-refractivity contribution in [1.29, 1.82) is 5.26 Å². The van der Waals surface area contributed by atoms with Crippen molar-refractivity contribution in [3.63, 3.8) is 0 Å². The van der Waals surface area contributed by atoms with Gasteiger partial charge < -0.3 is 10.2 Å². The van der Waals surface area contributed by atoms with Gasteiger partial charge in [0.25, 0.3) is 0 Å². The number of rotatable bonds is 7. The van der Waals surface area contributed by atoms with E-state index in [0.717, 1.165) is 42.1 Å². The first-order valence-corrected chi connectivity index (χ1v) is 9.12. The molecule has 0 bridgehead atoms. The van der Waals surface area contributed by atoms with Gasteiger partial charge in [0.05, 0.1) is 17.3 Å². The molecule has 0 aliphatic carbocycles. The highest BCUT2D eigenvalue weighted by atomic mass is 15.2. The maximum absolute atomic E-state index is 9.10. The van der Waals surface area contributed by atoms with Crippen LogP contribution in [0.3, 0.4) is 0 Å². The van der Waals surface area contributed by atoms with Crippen LogP contribution in [0.4, 0.5) is 17.5 Å². The van der Waals surface area contributed by atoms with Gasteiger partial charge in [0.15, 0.2) is 0 Å². The Labute approximate surface area is 160 Å². The molecule has 0 amide bonds. The maximum atomic E-state index is 9.10. The summed E-state index contributed by atoms with van der Waals surface area (Å²) in [6.07, 6.45) is 2.24. The van der Waals surface area contributed by atoms with Gasteiger partial charge in [-0.05, 0) is 24.6 Å². The lowest BCUT2D eigenvalue weighted by atomic mass is 10.1. The Bertz CT molecular complexity index is 931. The normalized spacial score (nSPS) is 10.3. The van der Waals surface area contributed by atoms with Crippen LogP contribution in [0.25, 0.3) is 11.3 Å². The van der Waals surface area contributed by atoms with Gasteiger partial charge in [0.1, 0.15) is 5.82 Å². The molecular formula is C22H23N5. The molecule has 0 radical (unpaired) electrons. The van der Waals surface area contributed by atoms with Crippen molar-refractivity contribution in [2.24, 2.45) is 0 Å². The van der Waals surface area contributed by atoms with Gasteiger partial charge in [0.2, 0.25) is 5.95 Å². The fourth-order valence-corrected chi connectivity index (χ4v) is 2.75. The molecule has 5 nitrogen and oxygen atoms in total. The molecule has 0 atom stereocenters. The fourth-order valence-electron chi connectivity index (χ4n) is 2.75. The second kappa shape index (κ2) is 8.81. The molecule has 27 heavy (non-hydrogen) atoms. The van der Waals surface area contributed by atoms with Gasteiger partial charge >= 0.3 is 0 Å². The Balaban J connectivity index is 1.97. The largest absolute Gasteiger partial charge is 0.359 e. The van der Waals surface area contributed by atoms with Crippen LogP contribution in [-0.4, -0.2) is 23.6 Å². The van der Waals surface area contributed by atoms with E-state index in [9.17, 15) is 0 Å². The monoisotopic (exact) mass is 357 g/mol. The van der Waals surface area contributed by atoms with Gasteiger partial charge in [-0.1, -0.05) is 49.7 Å². The summed E-state index contributed by atoms with van der Waals surface area (Å²) in [7, 11) is 2.05. The summed E-state index contributed by atoms with van der Waals surface area (Å²) in [5.74, 6) is 1.39. The molecule has 1 aromatic heterocycles. The average molecular weight is 357 g/mol. The summed E-state index contributed by atoms with van der Waals surface area (Å²) in [5.41, 5.74) is 3.29. The molecule has 0 aliphatic heterocycles. The summed E-state index contributed by atoms with van der Waals surface area (Å²) in [6, 6.07) is 21.6. The van der Waals surface area contributed by atoms with E-state index in [4.69, 9.17) is 5.26 Å². The van der Waals surface area contributed by atoms with Gasteiger partial charge in [-0.2, -0.15) is 10.2 Å². The van der Waals surface area contributed by atoms with E-state index in [1.165, 1.54) is 0 Å². The smallest absolute Gasteiger partial charge is 0.229 e. The number of nitrogens with one attached hydrogen (secondary N) is 1. The Hall–Kier alpha value is -3.39. The van der Waals surface area contributed by atoms with Crippen LogP contribution in [0.2, 0.25) is 0 Å². The topological polar surface area (TPSA) is 64.8 Å². The van der Waals surface area contributed by atoms with Crippen LogP contribution >= 0.6 is 0 Å². The molecule has 0 spiro atoms. The minimum atomic E-state index is 0.518. The number of nitriles is 1. The zero-order valence-corrected chi connectivity index (χ0v) is 15.7. The highest BCUT2D eigenvalue weighted by Gasteiger charge is 2.10. The number of benzene rings is 2. The molecule has 136 valence electrons. The summed E-state index contributed by atoms with van der Waals surface area (Å²) < 4.78 is 0. The predicted molar refractivity (Wildman–Crippen MR) is 110 cm³/mol. The van der Waals surface area contributed by atoms with E-state index in [-0.39, 0.29) is 0 Å². The van der Waals surface area contributed by atoms with Crippen molar-refractivity contribution in [3.8, 4) is 17.3 Å². The van der Waals surface area contributed by atoms with Gasteiger partial charge in [-0.25, -0.2) is 4.98 Å². The lowest BCUT2D eigenvalue weighted by molar-refractivity contribution is 0.759. The molecule has 0 saturated heterocycles. The van der Waals surface area contributed by atoms with E-state index in [0.29, 0.717) is 11.5 Å². The van der Waals surface area contributed by atoms with Crippen molar-refractivity contribution in [1.82, 2.24) is 9.97 Å². The lowest BCUT2D eigenvalue weighted by Crippen LogP contribution is -2.20. The Morgan fingerprint density at radius 1 is 1.04 bits per heavy atom. The SMILES string of the molecule is CCCCN(C)c1cc(-c2ccccc2)nc(Nc2cccc(C#N)c2)n1. The zero-order valence-electron chi connectivity index (χ0n) is 15.7. The van der Waals surface area contributed by atoms with E-state index in [1.54, 1.807) is 12.1 Å². The van der Waals surface area contributed by atoms with Crippen LogP contribution in [0.15, 0.2) is 60.7 Å². The van der Waals surface area contributed by atoms with Crippen LogP contribution in [-0.2, 0) is 0 Å². The molecule has 1 heterocycles. The van der Waals surface area contributed by atoms with Crippen molar-refractivity contribution in [2.45, 2.75) is 19.8 Å². The fraction of sp³-hybridized carbons (Fsp3) is 0.227. The molecule has 3 rings (SSSR count). The molecule has 5 heteroatoms. The van der Waals surface area contributed by atoms with Crippen LogP contribution in [0.5, 0.6) is 0 Å².